The number of aliphatic imine (C=N–C) groups is 1. The van der Waals surface area contributed by atoms with Crippen molar-refractivity contribution < 1.29 is 9.84 Å². The average Bonchev–Trinajstić information content (AvgIpc) is 2.77. The lowest BCUT2D eigenvalue weighted by Crippen LogP contribution is -2.37. The number of hydrogen-bond donors (Lipinski definition) is 1. The molecule has 2 aromatic carbocycles. The molecular formula is C24H27N3O3. The number of pyridine rings is 1. The van der Waals surface area contributed by atoms with Crippen molar-refractivity contribution in [3.05, 3.63) is 70.0 Å². The molecule has 1 N–H and O–H groups in total. The van der Waals surface area contributed by atoms with Crippen molar-refractivity contribution >= 4 is 17.0 Å². The number of morpholine rings is 1. The molecule has 156 valence electrons. The van der Waals surface area contributed by atoms with Crippen molar-refractivity contribution in [2.45, 2.75) is 13.3 Å². The first kappa shape index (κ1) is 20.3. The second-order valence-electron chi connectivity index (χ2n) is 7.55. The summed E-state index contributed by atoms with van der Waals surface area (Å²) in [5.74, 6) is -0.0788. The van der Waals surface area contributed by atoms with Gasteiger partial charge in [0, 0.05) is 43.2 Å². The van der Waals surface area contributed by atoms with Crippen LogP contribution in [0.25, 0.3) is 16.5 Å². The van der Waals surface area contributed by atoms with E-state index in [4.69, 9.17) is 4.74 Å². The molecule has 0 atom stereocenters. The second kappa shape index (κ2) is 9.24. The standard InChI is InChI=1S/C24H27N3O3/c1-18-7-2-5-10-22(18)27-23(28)20-9-4-3-8-19(20)21(24(27)29)17-25-11-6-12-26-13-15-30-16-14-26/h2-5,7-10,17,29H,6,11-16H2,1H3. The zero-order valence-corrected chi connectivity index (χ0v) is 17.3. The summed E-state index contributed by atoms with van der Waals surface area (Å²) in [5, 5.41) is 12.3. The van der Waals surface area contributed by atoms with E-state index in [2.05, 4.69) is 9.89 Å². The van der Waals surface area contributed by atoms with Gasteiger partial charge in [-0.15, -0.1) is 0 Å². The summed E-state index contributed by atoms with van der Waals surface area (Å²) in [6, 6.07) is 14.9. The van der Waals surface area contributed by atoms with Crippen molar-refractivity contribution in [2.75, 3.05) is 39.4 Å². The highest BCUT2D eigenvalue weighted by Crippen LogP contribution is 2.27. The Kier molecular flexibility index (Phi) is 6.26. The van der Waals surface area contributed by atoms with Crippen molar-refractivity contribution in [1.29, 1.82) is 0 Å². The Morgan fingerprint density at radius 3 is 2.53 bits per heavy atom. The number of para-hydroxylation sites is 1. The molecule has 1 aliphatic heterocycles. The van der Waals surface area contributed by atoms with Crippen LogP contribution in [-0.4, -0.2) is 60.2 Å². The molecule has 0 spiro atoms. The predicted molar refractivity (Wildman–Crippen MR) is 120 cm³/mol. The normalized spacial score (nSPS) is 15.2. The van der Waals surface area contributed by atoms with Gasteiger partial charge in [-0.2, -0.15) is 0 Å². The van der Waals surface area contributed by atoms with Crippen LogP contribution in [0.4, 0.5) is 0 Å². The van der Waals surface area contributed by atoms with Gasteiger partial charge >= 0.3 is 0 Å². The lowest BCUT2D eigenvalue weighted by Gasteiger charge is -2.26. The molecule has 0 aliphatic carbocycles. The number of benzene rings is 2. The Labute approximate surface area is 176 Å². The smallest absolute Gasteiger partial charge is 0.265 e. The van der Waals surface area contributed by atoms with Crippen LogP contribution in [0.3, 0.4) is 0 Å². The summed E-state index contributed by atoms with van der Waals surface area (Å²) < 4.78 is 6.76. The lowest BCUT2D eigenvalue weighted by molar-refractivity contribution is 0.0377. The molecule has 30 heavy (non-hydrogen) atoms. The van der Waals surface area contributed by atoms with Crippen LogP contribution in [0.15, 0.2) is 58.3 Å². The Morgan fingerprint density at radius 1 is 1.07 bits per heavy atom. The maximum atomic E-state index is 13.1. The van der Waals surface area contributed by atoms with Gasteiger partial charge in [0.15, 0.2) is 0 Å². The second-order valence-corrected chi connectivity index (χ2v) is 7.55. The molecular weight excluding hydrogens is 378 g/mol. The molecule has 2 heterocycles. The summed E-state index contributed by atoms with van der Waals surface area (Å²) in [6.45, 7) is 7.10. The van der Waals surface area contributed by atoms with Gasteiger partial charge in [-0.1, -0.05) is 36.4 Å². The molecule has 1 aromatic heterocycles. The largest absolute Gasteiger partial charge is 0.494 e. The van der Waals surface area contributed by atoms with E-state index in [-0.39, 0.29) is 11.4 Å². The number of ether oxygens (including phenoxy) is 1. The molecule has 0 radical (unpaired) electrons. The fraction of sp³-hybridized carbons (Fsp3) is 0.333. The van der Waals surface area contributed by atoms with E-state index in [1.54, 1.807) is 12.3 Å². The van der Waals surface area contributed by atoms with E-state index >= 15 is 0 Å². The van der Waals surface area contributed by atoms with Gasteiger partial charge in [0.2, 0.25) is 5.88 Å². The first-order chi connectivity index (χ1) is 14.7. The maximum Gasteiger partial charge on any atom is 0.265 e. The highest BCUT2D eigenvalue weighted by Gasteiger charge is 2.17. The lowest BCUT2D eigenvalue weighted by atomic mass is 10.1. The number of hydrogen-bond acceptors (Lipinski definition) is 5. The van der Waals surface area contributed by atoms with Crippen LogP contribution in [0, 0.1) is 6.92 Å². The summed E-state index contributed by atoms with van der Waals surface area (Å²) in [6.07, 6.45) is 2.64. The molecule has 1 aliphatic rings. The van der Waals surface area contributed by atoms with Crippen LogP contribution in [0.2, 0.25) is 0 Å². The number of aromatic nitrogens is 1. The molecule has 0 unspecified atom stereocenters. The molecule has 1 saturated heterocycles. The van der Waals surface area contributed by atoms with E-state index in [0.717, 1.165) is 44.8 Å². The van der Waals surface area contributed by atoms with Gasteiger partial charge in [0.1, 0.15) is 0 Å². The van der Waals surface area contributed by atoms with Gasteiger partial charge in [0.25, 0.3) is 5.56 Å². The summed E-state index contributed by atoms with van der Waals surface area (Å²) in [7, 11) is 0. The van der Waals surface area contributed by atoms with Crippen molar-refractivity contribution in [3.8, 4) is 11.6 Å². The number of nitrogens with zero attached hydrogens (tertiary/aromatic N) is 3. The van der Waals surface area contributed by atoms with Crippen LogP contribution < -0.4 is 5.56 Å². The minimum absolute atomic E-state index is 0.0788. The van der Waals surface area contributed by atoms with Gasteiger partial charge in [-0.3, -0.25) is 14.7 Å². The fourth-order valence-electron chi connectivity index (χ4n) is 3.89. The number of aromatic hydroxyl groups is 1. The minimum Gasteiger partial charge on any atom is -0.494 e. The monoisotopic (exact) mass is 405 g/mol. The highest BCUT2D eigenvalue weighted by molar-refractivity contribution is 6.01. The Hall–Kier alpha value is -2.96. The van der Waals surface area contributed by atoms with Gasteiger partial charge in [-0.25, -0.2) is 4.57 Å². The number of aryl methyl sites for hydroxylation is 1. The quantitative estimate of drug-likeness (QED) is 0.505. The summed E-state index contributed by atoms with van der Waals surface area (Å²) in [4.78, 5) is 20.1. The molecule has 4 rings (SSSR count). The summed E-state index contributed by atoms with van der Waals surface area (Å²) >= 11 is 0. The molecule has 6 nitrogen and oxygen atoms in total. The van der Waals surface area contributed by atoms with E-state index in [1.165, 1.54) is 4.57 Å². The van der Waals surface area contributed by atoms with Crippen LogP contribution in [-0.2, 0) is 4.74 Å². The highest BCUT2D eigenvalue weighted by atomic mass is 16.5. The topological polar surface area (TPSA) is 67.1 Å². The van der Waals surface area contributed by atoms with Gasteiger partial charge in [0.05, 0.1) is 24.5 Å². The van der Waals surface area contributed by atoms with E-state index < -0.39 is 0 Å². The van der Waals surface area contributed by atoms with Gasteiger partial charge in [-0.05, 0) is 31.0 Å². The number of fused-ring (bicyclic) bond motifs is 1. The zero-order valence-electron chi connectivity index (χ0n) is 17.3. The van der Waals surface area contributed by atoms with Crippen LogP contribution >= 0.6 is 0 Å². The third kappa shape index (κ3) is 4.15. The third-order valence-electron chi connectivity index (χ3n) is 5.55. The molecule has 0 saturated carbocycles. The van der Waals surface area contributed by atoms with Crippen LogP contribution in [0.1, 0.15) is 17.5 Å². The van der Waals surface area contributed by atoms with Crippen molar-refractivity contribution in [2.24, 2.45) is 4.99 Å². The first-order valence-corrected chi connectivity index (χ1v) is 10.4. The molecule has 0 bridgehead atoms. The predicted octanol–water partition coefficient (Wildman–Crippen LogP) is 3.15. The van der Waals surface area contributed by atoms with E-state index in [0.29, 0.717) is 28.6 Å². The van der Waals surface area contributed by atoms with E-state index in [1.807, 2.05) is 49.4 Å². The molecule has 1 fully saturated rings. The Morgan fingerprint density at radius 2 is 1.77 bits per heavy atom. The zero-order chi connectivity index (χ0) is 20.9. The molecule has 6 heteroatoms. The molecule has 0 amide bonds. The first-order valence-electron chi connectivity index (χ1n) is 10.4. The minimum atomic E-state index is -0.234. The maximum absolute atomic E-state index is 13.1. The SMILES string of the molecule is Cc1ccccc1-n1c(O)c(C=NCCCN2CCOCC2)c2ccccc2c1=O. The summed E-state index contributed by atoms with van der Waals surface area (Å²) in [5.41, 5.74) is 1.92. The van der Waals surface area contributed by atoms with Crippen LogP contribution in [0.5, 0.6) is 5.88 Å². The van der Waals surface area contributed by atoms with Crippen molar-refractivity contribution in [1.82, 2.24) is 9.47 Å². The van der Waals surface area contributed by atoms with E-state index in [9.17, 15) is 9.90 Å². The fourth-order valence-corrected chi connectivity index (χ4v) is 3.89. The number of rotatable bonds is 6. The van der Waals surface area contributed by atoms with Crippen molar-refractivity contribution in [3.63, 3.8) is 0 Å². The Bertz CT molecular complexity index is 1110. The average molecular weight is 405 g/mol. The molecule has 3 aromatic rings. The van der Waals surface area contributed by atoms with Gasteiger partial charge < -0.3 is 9.84 Å². The third-order valence-corrected chi connectivity index (χ3v) is 5.55. The Balaban J connectivity index is 1.65.